The largest absolute Gasteiger partial charge is 0.312 e. The molecule has 0 bridgehead atoms. The lowest BCUT2D eigenvalue weighted by atomic mass is 10.0. The van der Waals surface area contributed by atoms with E-state index >= 15 is 0 Å². The zero-order valence-corrected chi connectivity index (χ0v) is 14.8. The average Bonchev–Trinajstić information content (AvgIpc) is 2.95. The monoisotopic (exact) mass is 344 g/mol. The number of nitrogens with zero attached hydrogens (tertiary/aromatic N) is 1. The highest BCUT2D eigenvalue weighted by Gasteiger charge is 2.28. The van der Waals surface area contributed by atoms with Crippen molar-refractivity contribution in [3.63, 3.8) is 0 Å². The van der Waals surface area contributed by atoms with Crippen molar-refractivity contribution in [1.29, 1.82) is 0 Å². The van der Waals surface area contributed by atoms with Gasteiger partial charge in [-0.15, -0.1) is 0 Å². The van der Waals surface area contributed by atoms with Crippen LogP contribution in [0.5, 0.6) is 0 Å². The third kappa shape index (κ3) is 3.97. The Kier molecular flexibility index (Phi) is 5.21. The van der Waals surface area contributed by atoms with Crippen molar-refractivity contribution in [2.45, 2.75) is 25.8 Å². The summed E-state index contributed by atoms with van der Waals surface area (Å²) in [6.07, 6.45) is 0.708. The van der Waals surface area contributed by atoms with Crippen molar-refractivity contribution >= 4 is 15.7 Å². The fraction of sp³-hybridized carbons (Fsp3) is 0.368. The molecule has 1 fully saturated rings. The molecule has 1 saturated heterocycles. The first-order valence-corrected chi connectivity index (χ1v) is 10.0. The summed E-state index contributed by atoms with van der Waals surface area (Å²) in [6, 6.07) is 18.3. The summed E-state index contributed by atoms with van der Waals surface area (Å²) in [5.41, 5.74) is 3.21. The van der Waals surface area contributed by atoms with E-state index in [9.17, 15) is 8.42 Å². The Bertz CT molecular complexity index is 775. The summed E-state index contributed by atoms with van der Waals surface area (Å²) in [6.45, 7) is 4.41. The molecule has 2 aromatic carbocycles. The van der Waals surface area contributed by atoms with Gasteiger partial charge in [0, 0.05) is 19.6 Å². The third-order valence-electron chi connectivity index (χ3n) is 4.45. The van der Waals surface area contributed by atoms with Crippen LogP contribution < -0.4 is 9.62 Å². The van der Waals surface area contributed by atoms with E-state index in [-0.39, 0.29) is 5.75 Å². The van der Waals surface area contributed by atoms with Gasteiger partial charge < -0.3 is 5.32 Å². The molecule has 1 unspecified atom stereocenters. The van der Waals surface area contributed by atoms with Crippen LogP contribution in [-0.2, 0) is 16.6 Å². The predicted molar refractivity (Wildman–Crippen MR) is 98.8 cm³/mol. The number of hydrogen-bond donors (Lipinski definition) is 1. The van der Waals surface area contributed by atoms with E-state index in [0.29, 0.717) is 18.9 Å². The van der Waals surface area contributed by atoms with Crippen LogP contribution in [0.25, 0.3) is 0 Å². The Morgan fingerprint density at radius 1 is 1.12 bits per heavy atom. The first-order chi connectivity index (χ1) is 11.6. The Morgan fingerprint density at radius 3 is 2.62 bits per heavy atom. The summed E-state index contributed by atoms with van der Waals surface area (Å²) in [5, 5.41) is 3.47. The fourth-order valence-electron chi connectivity index (χ4n) is 3.08. The van der Waals surface area contributed by atoms with E-state index in [1.807, 2.05) is 30.3 Å². The number of sulfonamides is 1. The van der Waals surface area contributed by atoms with Crippen LogP contribution in [0.2, 0.25) is 0 Å². The molecule has 2 aromatic rings. The smallest absolute Gasteiger partial charge is 0.235 e. The van der Waals surface area contributed by atoms with E-state index in [1.54, 1.807) is 0 Å². The van der Waals surface area contributed by atoms with Gasteiger partial charge in [-0.1, -0.05) is 49.4 Å². The molecule has 3 rings (SSSR count). The van der Waals surface area contributed by atoms with Gasteiger partial charge >= 0.3 is 0 Å². The first-order valence-electron chi connectivity index (χ1n) is 8.41. The van der Waals surface area contributed by atoms with Gasteiger partial charge in [-0.05, 0) is 35.6 Å². The molecule has 0 aliphatic carbocycles. The molecule has 24 heavy (non-hydrogen) atoms. The maximum absolute atomic E-state index is 12.0. The number of rotatable bonds is 6. The molecule has 1 atom stereocenters. The van der Waals surface area contributed by atoms with Gasteiger partial charge in [-0.3, -0.25) is 4.31 Å². The molecule has 0 aromatic heterocycles. The molecule has 0 radical (unpaired) electrons. The van der Waals surface area contributed by atoms with Crippen molar-refractivity contribution < 1.29 is 8.42 Å². The van der Waals surface area contributed by atoms with Gasteiger partial charge in [0.15, 0.2) is 0 Å². The zero-order valence-electron chi connectivity index (χ0n) is 14.0. The molecular weight excluding hydrogens is 320 g/mol. The SMILES string of the molecule is CC(CNCc1cccc(N2CCCS2(=O)=O)c1)c1ccccc1. The van der Waals surface area contributed by atoms with Crippen molar-refractivity contribution in [3.8, 4) is 0 Å². The van der Waals surface area contributed by atoms with Crippen LogP contribution in [-0.4, -0.2) is 27.3 Å². The molecule has 1 N–H and O–H groups in total. The summed E-state index contributed by atoms with van der Waals surface area (Å²) in [5.74, 6) is 0.692. The van der Waals surface area contributed by atoms with Gasteiger partial charge in [-0.2, -0.15) is 0 Å². The topological polar surface area (TPSA) is 49.4 Å². The maximum Gasteiger partial charge on any atom is 0.235 e. The quantitative estimate of drug-likeness (QED) is 0.876. The van der Waals surface area contributed by atoms with E-state index in [2.05, 4.69) is 36.5 Å². The number of anilines is 1. The number of nitrogens with one attached hydrogen (secondary N) is 1. The van der Waals surface area contributed by atoms with Gasteiger partial charge in [0.1, 0.15) is 0 Å². The second-order valence-corrected chi connectivity index (χ2v) is 8.37. The summed E-state index contributed by atoms with van der Waals surface area (Å²) >= 11 is 0. The lowest BCUT2D eigenvalue weighted by Gasteiger charge is -2.18. The van der Waals surface area contributed by atoms with Crippen LogP contribution in [0, 0.1) is 0 Å². The van der Waals surface area contributed by atoms with Gasteiger partial charge in [-0.25, -0.2) is 8.42 Å². The fourth-order valence-corrected chi connectivity index (χ4v) is 4.64. The molecule has 1 aliphatic rings. The number of benzene rings is 2. The van der Waals surface area contributed by atoms with Gasteiger partial charge in [0.05, 0.1) is 11.4 Å². The Labute approximate surface area is 144 Å². The molecule has 4 nitrogen and oxygen atoms in total. The van der Waals surface area contributed by atoms with Gasteiger partial charge in [0.25, 0.3) is 0 Å². The average molecular weight is 344 g/mol. The molecule has 0 spiro atoms. The Morgan fingerprint density at radius 2 is 1.92 bits per heavy atom. The van der Waals surface area contributed by atoms with Crippen LogP contribution in [0.15, 0.2) is 54.6 Å². The predicted octanol–water partition coefficient (Wildman–Crippen LogP) is 3.12. The minimum Gasteiger partial charge on any atom is -0.312 e. The second-order valence-electron chi connectivity index (χ2n) is 6.35. The minimum atomic E-state index is -3.11. The van der Waals surface area contributed by atoms with Crippen molar-refractivity contribution in [2.75, 3.05) is 23.1 Å². The molecular formula is C19H24N2O2S. The van der Waals surface area contributed by atoms with Crippen LogP contribution in [0.1, 0.15) is 30.4 Å². The first kappa shape index (κ1) is 17.0. The van der Waals surface area contributed by atoms with E-state index in [1.165, 1.54) is 9.87 Å². The Balaban J connectivity index is 1.59. The summed E-state index contributed by atoms with van der Waals surface area (Å²) in [4.78, 5) is 0. The van der Waals surface area contributed by atoms with E-state index in [0.717, 1.165) is 24.3 Å². The van der Waals surface area contributed by atoms with Gasteiger partial charge in [0.2, 0.25) is 10.0 Å². The lowest BCUT2D eigenvalue weighted by Crippen LogP contribution is -2.25. The molecule has 1 heterocycles. The van der Waals surface area contributed by atoms with Crippen LogP contribution in [0.4, 0.5) is 5.69 Å². The van der Waals surface area contributed by atoms with Crippen molar-refractivity contribution in [3.05, 3.63) is 65.7 Å². The normalized spacial score (nSPS) is 17.8. The van der Waals surface area contributed by atoms with Crippen molar-refractivity contribution in [2.24, 2.45) is 0 Å². The highest BCUT2D eigenvalue weighted by Crippen LogP contribution is 2.24. The van der Waals surface area contributed by atoms with Crippen LogP contribution >= 0.6 is 0 Å². The molecule has 128 valence electrons. The zero-order chi connectivity index (χ0) is 17.0. The molecule has 0 saturated carbocycles. The third-order valence-corrected chi connectivity index (χ3v) is 6.32. The second kappa shape index (κ2) is 7.36. The van der Waals surface area contributed by atoms with Crippen LogP contribution in [0.3, 0.4) is 0 Å². The van der Waals surface area contributed by atoms with E-state index < -0.39 is 10.0 Å². The van der Waals surface area contributed by atoms with Crippen molar-refractivity contribution in [1.82, 2.24) is 5.32 Å². The standard InChI is InChI=1S/C19H24N2O2S/c1-16(18-8-3-2-4-9-18)14-20-15-17-7-5-10-19(13-17)21-11-6-12-24(21,22)23/h2-5,7-10,13,16,20H,6,11-12,14-15H2,1H3. The molecule has 1 aliphatic heterocycles. The highest BCUT2D eigenvalue weighted by molar-refractivity contribution is 7.93. The summed E-state index contributed by atoms with van der Waals surface area (Å²) < 4.78 is 25.6. The molecule has 0 amide bonds. The lowest BCUT2D eigenvalue weighted by molar-refractivity contribution is 0.599. The van der Waals surface area contributed by atoms with E-state index in [4.69, 9.17) is 0 Å². The minimum absolute atomic E-state index is 0.254. The molecule has 5 heteroatoms. The Hall–Kier alpha value is -1.85. The number of hydrogen-bond acceptors (Lipinski definition) is 3. The maximum atomic E-state index is 12.0. The highest BCUT2D eigenvalue weighted by atomic mass is 32.2. The summed E-state index contributed by atoms with van der Waals surface area (Å²) in [7, 11) is -3.11.